The van der Waals surface area contributed by atoms with E-state index in [-0.39, 0.29) is 11.0 Å². The average molecular weight is 526 g/mol. The van der Waals surface area contributed by atoms with Crippen LogP contribution in [0.4, 0.5) is 0 Å². The summed E-state index contributed by atoms with van der Waals surface area (Å²) >= 11 is 0. The van der Waals surface area contributed by atoms with E-state index in [0.29, 0.717) is 38.7 Å². The lowest BCUT2D eigenvalue weighted by Gasteiger charge is -2.36. The van der Waals surface area contributed by atoms with E-state index in [1.807, 2.05) is 25.6 Å². The third-order valence-electron chi connectivity index (χ3n) is 8.02. The van der Waals surface area contributed by atoms with Gasteiger partial charge in [-0.2, -0.15) is 5.10 Å². The highest BCUT2D eigenvalue weighted by molar-refractivity contribution is 6.74. The molecule has 0 unspecified atom stereocenters. The first-order valence-corrected chi connectivity index (χ1v) is 16.4. The van der Waals surface area contributed by atoms with Crippen LogP contribution < -0.4 is 0 Å². The molecule has 1 aliphatic heterocycles. The Morgan fingerprint density at radius 1 is 1.24 bits per heavy atom. The van der Waals surface area contributed by atoms with E-state index >= 15 is 0 Å². The minimum absolute atomic E-state index is 0.168. The van der Waals surface area contributed by atoms with Gasteiger partial charge in [0.05, 0.1) is 30.1 Å². The van der Waals surface area contributed by atoms with Crippen molar-refractivity contribution in [3.8, 4) is 11.1 Å². The van der Waals surface area contributed by atoms with Crippen LogP contribution in [0, 0.1) is 6.92 Å². The van der Waals surface area contributed by atoms with Gasteiger partial charge in [0.15, 0.2) is 8.32 Å². The highest BCUT2D eigenvalue weighted by Crippen LogP contribution is 2.40. The fourth-order valence-electron chi connectivity index (χ4n) is 5.10. The summed E-state index contributed by atoms with van der Waals surface area (Å²) in [4.78, 5) is 13.4. The second kappa shape index (κ2) is 10.7. The van der Waals surface area contributed by atoms with Crippen LogP contribution in [-0.2, 0) is 40.5 Å². The number of nitrogens with zero attached hydrogens (tertiary/aromatic N) is 3. The zero-order valence-electron chi connectivity index (χ0n) is 23.9. The number of esters is 1. The number of fused-ring (bicyclic) bond motifs is 2. The highest BCUT2D eigenvalue weighted by atomic mass is 28.4. The third kappa shape index (κ3) is 5.29. The van der Waals surface area contributed by atoms with Gasteiger partial charge >= 0.3 is 5.97 Å². The van der Waals surface area contributed by atoms with Crippen LogP contribution in [0.15, 0.2) is 18.2 Å². The molecule has 0 amide bonds. The maximum atomic E-state index is 13.4. The second-order valence-corrected chi connectivity index (χ2v) is 16.4. The van der Waals surface area contributed by atoms with E-state index in [1.165, 1.54) is 0 Å². The Labute approximate surface area is 222 Å². The summed E-state index contributed by atoms with van der Waals surface area (Å²) in [6.45, 7) is 18.1. The first kappa shape index (κ1) is 27.6. The number of benzene rings is 1. The number of hydrogen-bond donors (Lipinski definition) is 0. The Balaban J connectivity index is 1.84. The van der Waals surface area contributed by atoms with Gasteiger partial charge in [0, 0.05) is 43.3 Å². The molecule has 0 atom stereocenters. The minimum atomic E-state index is -1.83. The van der Waals surface area contributed by atoms with E-state index in [9.17, 15) is 4.79 Å². The standard InChI is InChI=1S/C29H43N3O4Si/c1-9-35-28(33)27-22(15-11-18-36-37(7,8)29(3,4)5)21-13-10-14-23-25-20(2)30-31(6)24(25)19-34-17-12-16-32(27)26(21)23/h10,13-14H,9,11-12,15-19H2,1-8H3. The average Bonchev–Trinajstić information content (AvgIpc) is 3.29. The van der Waals surface area contributed by atoms with Crippen molar-refractivity contribution >= 4 is 25.2 Å². The van der Waals surface area contributed by atoms with Crippen LogP contribution in [0.25, 0.3) is 22.0 Å². The Bertz CT molecular complexity index is 1280. The quantitative estimate of drug-likeness (QED) is 0.203. The zero-order valence-corrected chi connectivity index (χ0v) is 24.9. The van der Waals surface area contributed by atoms with Crippen LogP contribution in [0.1, 0.15) is 68.0 Å². The molecule has 7 nitrogen and oxygen atoms in total. The molecule has 3 heterocycles. The van der Waals surface area contributed by atoms with E-state index in [2.05, 4.69) is 56.6 Å². The topological polar surface area (TPSA) is 67.5 Å². The van der Waals surface area contributed by atoms with E-state index < -0.39 is 8.32 Å². The van der Waals surface area contributed by atoms with Crippen molar-refractivity contribution in [1.29, 1.82) is 0 Å². The molecule has 202 valence electrons. The Hall–Kier alpha value is -2.42. The molecule has 0 saturated carbocycles. The molecule has 0 saturated heterocycles. The van der Waals surface area contributed by atoms with Crippen molar-refractivity contribution in [1.82, 2.24) is 14.3 Å². The molecule has 4 rings (SSSR count). The number of hydrogen-bond acceptors (Lipinski definition) is 5. The molecule has 0 bridgehead atoms. The molecule has 0 spiro atoms. The lowest BCUT2D eigenvalue weighted by molar-refractivity contribution is 0.0511. The Morgan fingerprint density at radius 2 is 2.00 bits per heavy atom. The van der Waals surface area contributed by atoms with Gasteiger partial charge in [-0.3, -0.25) is 4.68 Å². The maximum Gasteiger partial charge on any atom is 0.355 e. The Morgan fingerprint density at radius 3 is 2.70 bits per heavy atom. The number of para-hydroxylation sites is 1. The molecule has 1 aliphatic rings. The van der Waals surface area contributed by atoms with E-state index in [4.69, 9.17) is 19.0 Å². The molecule has 0 fully saturated rings. The van der Waals surface area contributed by atoms with Crippen LogP contribution in [-0.4, -0.2) is 48.5 Å². The molecule has 8 heteroatoms. The first-order valence-electron chi connectivity index (χ1n) is 13.5. The van der Waals surface area contributed by atoms with Crippen molar-refractivity contribution in [2.75, 3.05) is 19.8 Å². The summed E-state index contributed by atoms with van der Waals surface area (Å²) in [5, 5.41) is 6.00. The SMILES string of the molecule is CCOC(=O)c1c(CCCO[Si](C)(C)C(C)(C)C)c2cccc3c2n1CCCOCc1c-3c(C)nn1C. The van der Waals surface area contributed by atoms with Crippen molar-refractivity contribution in [2.45, 2.75) is 85.2 Å². The fourth-order valence-corrected chi connectivity index (χ4v) is 6.19. The van der Waals surface area contributed by atoms with Gasteiger partial charge in [-0.1, -0.05) is 39.0 Å². The second-order valence-electron chi connectivity index (χ2n) is 11.6. The predicted octanol–water partition coefficient (Wildman–Crippen LogP) is 6.40. The number of carbonyl (C=O) groups excluding carboxylic acids is 1. The van der Waals surface area contributed by atoms with Crippen molar-refractivity contribution < 1.29 is 18.7 Å². The van der Waals surface area contributed by atoms with Crippen LogP contribution in [0.5, 0.6) is 0 Å². The molecular formula is C29H43N3O4Si. The minimum Gasteiger partial charge on any atom is -0.461 e. The first-order chi connectivity index (χ1) is 17.5. The van der Waals surface area contributed by atoms with Crippen LogP contribution in [0.3, 0.4) is 0 Å². The molecule has 0 radical (unpaired) electrons. The number of ether oxygens (including phenoxy) is 2. The van der Waals surface area contributed by atoms with Gasteiger partial charge in [0.25, 0.3) is 0 Å². The lowest BCUT2D eigenvalue weighted by Crippen LogP contribution is -2.41. The summed E-state index contributed by atoms with van der Waals surface area (Å²) in [5.41, 5.74) is 7.02. The van der Waals surface area contributed by atoms with Crippen LogP contribution >= 0.6 is 0 Å². The molecule has 0 aliphatic carbocycles. The highest BCUT2D eigenvalue weighted by Gasteiger charge is 2.37. The third-order valence-corrected chi connectivity index (χ3v) is 12.6. The van der Waals surface area contributed by atoms with E-state index in [0.717, 1.165) is 58.2 Å². The molecule has 1 aromatic carbocycles. The fraction of sp³-hybridized carbons (Fsp3) is 0.586. The molecule has 37 heavy (non-hydrogen) atoms. The number of rotatable bonds is 7. The number of aromatic nitrogens is 3. The van der Waals surface area contributed by atoms with Crippen molar-refractivity contribution in [3.05, 3.63) is 40.8 Å². The summed E-state index contributed by atoms with van der Waals surface area (Å²) < 4.78 is 22.2. The maximum absolute atomic E-state index is 13.4. The van der Waals surface area contributed by atoms with Crippen molar-refractivity contribution in [2.24, 2.45) is 7.05 Å². The molecular weight excluding hydrogens is 482 g/mol. The van der Waals surface area contributed by atoms with Gasteiger partial charge in [0.2, 0.25) is 0 Å². The van der Waals surface area contributed by atoms with Crippen LogP contribution in [0.2, 0.25) is 18.1 Å². The van der Waals surface area contributed by atoms with Crippen molar-refractivity contribution in [3.63, 3.8) is 0 Å². The largest absolute Gasteiger partial charge is 0.461 e. The predicted molar refractivity (Wildman–Crippen MR) is 151 cm³/mol. The summed E-state index contributed by atoms with van der Waals surface area (Å²) in [6.07, 6.45) is 2.41. The normalized spacial score (nSPS) is 14.6. The number of carbonyl (C=O) groups is 1. The molecule has 3 aromatic rings. The summed E-state index contributed by atoms with van der Waals surface area (Å²) in [7, 11) is 0.137. The van der Waals surface area contributed by atoms with Gasteiger partial charge in [-0.05, 0) is 56.8 Å². The smallest absolute Gasteiger partial charge is 0.355 e. The van der Waals surface area contributed by atoms with E-state index in [1.54, 1.807) is 0 Å². The zero-order chi connectivity index (χ0) is 27.0. The number of aryl methyl sites for hydroxylation is 4. The summed E-state index contributed by atoms with van der Waals surface area (Å²) in [5.74, 6) is -0.258. The van der Waals surface area contributed by atoms with Gasteiger partial charge in [-0.25, -0.2) is 4.79 Å². The summed E-state index contributed by atoms with van der Waals surface area (Å²) in [6, 6.07) is 6.39. The Kier molecular flexibility index (Phi) is 8.02. The van der Waals surface area contributed by atoms with Gasteiger partial charge < -0.3 is 18.5 Å². The lowest BCUT2D eigenvalue weighted by atomic mass is 9.98. The van der Waals surface area contributed by atoms with Gasteiger partial charge in [0.1, 0.15) is 5.69 Å². The monoisotopic (exact) mass is 525 g/mol. The van der Waals surface area contributed by atoms with Gasteiger partial charge in [-0.15, -0.1) is 0 Å². The molecule has 0 N–H and O–H groups in total. The molecule has 2 aromatic heterocycles.